The lowest BCUT2D eigenvalue weighted by atomic mass is 10.0. The van der Waals surface area contributed by atoms with E-state index in [-0.39, 0.29) is 30.8 Å². The topological polar surface area (TPSA) is 81.4 Å². The summed E-state index contributed by atoms with van der Waals surface area (Å²) in [7, 11) is 0. The van der Waals surface area contributed by atoms with Crippen molar-refractivity contribution in [2.75, 3.05) is 0 Å². The quantitative estimate of drug-likeness (QED) is 0.629. The molecule has 1 unspecified atom stereocenters. The Labute approximate surface area is 163 Å². The Kier molecular flexibility index (Phi) is 6.09. The average molecular weight is 380 g/mol. The van der Waals surface area contributed by atoms with Crippen LogP contribution in [0.2, 0.25) is 0 Å². The molecule has 6 nitrogen and oxygen atoms in total. The number of ether oxygens (including phenoxy) is 1. The number of nitrogens with zero attached hydrogens (tertiary/aromatic N) is 1. The first kappa shape index (κ1) is 19.6. The van der Waals surface area contributed by atoms with Gasteiger partial charge >= 0.3 is 5.97 Å². The van der Waals surface area contributed by atoms with Crippen molar-refractivity contribution in [3.63, 3.8) is 0 Å². The van der Waals surface area contributed by atoms with E-state index < -0.39 is 6.04 Å². The number of fused-ring (bicyclic) bond motifs is 1. The first-order valence-corrected chi connectivity index (χ1v) is 9.31. The Hall–Kier alpha value is -3.15. The smallest absolute Gasteiger partial charge is 0.308 e. The van der Waals surface area contributed by atoms with Crippen LogP contribution >= 0.6 is 0 Å². The van der Waals surface area contributed by atoms with E-state index in [1.54, 1.807) is 19.9 Å². The van der Waals surface area contributed by atoms with Gasteiger partial charge in [-0.3, -0.25) is 9.59 Å². The van der Waals surface area contributed by atoms with E-state index in [2.05, 4.69) is 10.5 Å². The fourth-order valence-electron chi connectivity index (χ4n) is 2.99. The molecule has 0 aliphatic heterocycles. The molecule has 0 radical (unpaired) electrons. The third-order valence-electron chi connectivity index (χ3n) is 4.33. The van der Waals surface area contributed by atoms with E-state index in [1.165, 1.54) is 0 Å². The zero-order valence-electron chi connectivity index (χ0n) is 16.3. The molecule has 146 valence electrons. The maximum Gasteiger partial charge on any atom is 0.308 e. The second-order valence-electron chi connectivity index (χ2n) is 7.08. The second kappa shape index (κ2) is 8.69. The van der Waals surface area contributed by atoms with Gasteiger partial charge in [-0.2, -0.15) is 0 Å². The van der Waals surface area contributed by atoms with Gasteiger partial charge in [0.25, 0.3) is 0 Å². The van der Waals surface area contributed by atoms with Crippen LogP contribution < -0.4 is 5.32 Å². The van der Waals surface area contributed by atoms with Crippen LogP contribution in [0.1, 0.15) is 43.1 Å². The lowest BCUT2D eigenvalue weighted by Gasteiger charge is -2.19. The molecule has 0 fully saturated rings. The van der Waals surface area contributed by atoms with Crippen molar-refractivity contribution in [2.45, 2.75) is 45.8 Å². The number of hydrogen-bond acceptors (Lipinski definition) is 5. The maximum atomic E-state index is 12.7. The van der Waals surface area contributed by atoms with Crippen molar-refractivity contribution < 1.29 is 18.8 Å². The van der Waals surface area contributed by atoms with E-state index in [9.17, 15) is 9.59 Å². The number of rotatable bonds is 7. The van der Waals surface area contributed by atoms with Crippen molar-refractivity contribution in [2.24, 2.45) is 0 Å². The molecule has 0 bridgehead atoms. The summed E-state index contributed by atoms with van der Waals surface area (Å²) in [4.78, 5) is 24.8. The number of aromatic nitrogens is 1. The standard InChI is InChI=1S/C22H24N2O4/c1-14(2)27-22(26)13-18(16-10-8-15(3)9-11-16)23-21(25)12-19-17-6-4-5-7-20(17)28-24-19/h4-11,14,18H,12-13H2,1-3H3,(H,23,25). The molecule has 0 aliphatic rings. The Balaban J connectivity index is 1.74. The minimum Gasteiger partial charge on any atom is -0.463 e. The van der Waals surface area contributed by atoms with E-state index in [0.29, 0.717) is 11.3 Å². The normalized spacial score (nSPS) is 12.1. The Bertz CT molecular complexity index is 960. The molecule has 0 saturated heterocycles. The molecule has 1 heterocycles. The Morgan fingerprint density at radius 1 is 1.11 bits per heavy atom. The van der Waals surface area contributed by atoms with Crippen LogP contribution in [0.25, 0.3) is 11.0 Å². The van der Waals surface area contributed by atoms with Crippen molar-refractivity contribution >= 4 is 22.8 Å². The van der Waals surface area contributed by atoms with Crippen molar-refractivity contribution in [3.8, 4) is 0 Å². The van der Waals surface area contributed by atoms with Crippen LogP contribution in [-0.2, 0) is 20.7 Å². The highest BCUT2D eigenvalue weighted by atomic mass is 16.5. The number of hydrogen-bond donors (Lipinski definition) is 1. The second-order valence-corrected chi connectivity index (χ2v) is 7.08. The molecule has 0 spiro atoms. The third kappa shape index (κ3) is 4.97. The summed E-state index contributed by atoms with van der Waals surface area (Å²) < 4.78 is 10.5. The highest BCUT2D eigenvalue weighted by molar-refractivity contribution is 5.86. The van der Waals surface area contributed by atoms with Gasteiger partial charge in [-0.1, -0.05) is 47.1 Å². The van der Waals surface area contributed by atoms with E-state index in [0.717, 1.165) is 16.5 Å². The first-order chi connectivity index (χ1) is 13.4. The number of para-hydroxylation sites is 1. The number of aryl methyl sites for hydroxylation is 1. The zero-order chi connectivity index (χ0) is 20.1. The van der Waals surface area contributed by atoms with Crippen LogP contribution in [-0.4, -0.2) is 23.1 Å². The molecule has 6 heteroatoms. The molecule has 1 N–H and O–H groups in total. The lowest BCUT2D eigenvalue weighted by Crippen LogP contribution is -2.32. The van der Waals surface area contributed by atoms with E-state index >= 15 is 0 Å². The maximum absolute atomic E-state index is 12.7. The average Bonchev–Trinajstić information content (AvgIpc) is 3.04. The SMILES string of the molecule is Cc1ccc(C(CC(=O)OC(C)C)NC(=O)Cc2noc3ccccc23)cc1. The number of esters is 1. The minimum absolute atomic E-state index is 0.0620. The molecule has 28 heavy (non-hydrogen) atoms. The van der Waals surface area contributed by atoms with E-state index in [1.807, 2.05) is 49.4 Å². The van der Waals surface area contributed by atoms with Crippen molar-refractivity contribution in [3.05, 3.63) is 65.4 Å². The van der Waals surface area contributed by atoms with Gasteiger partial charge in [0.15, 0.2) is 5.58 Å². The van der Waals surface area contributed by atoms with Gasteiger partial charge in [0.05, 0.1) is 25.0 Å². The summed E-state index contributed by atoms with van der Waals surface area (Å²) in [6, 6.07) is 14.6. The van der Waals surface area contributed by atoms with Crippen molar-refractivity contribution in [1.82, 2.24) is 10.5 Å². The highest BCUT2D eigenvalue weighted by Gasteiger charge is 2.21. The summed E-state index contributed by atoms with van der Waals surface area (Å²) in [5.74, 6) is -0.588. The third-order valence-corrected chi connectivity index (χ3v) is 4.33. The highest BCUT2D eigenvalue weighted by Crippen LogP contribution is 2.21. The number of benzene rings is 2. The summed E-state index contributed by atoms with van der Waals surface area (Å²) in [5, 5.41) is 7.75. The van der Waals surface area contributed by atoms with Crippen molar-refractivity contribution in [1.29, 1.82) is 0 Å². The van der Waals surface area contributed by atoms with Gasteiger partial charge in [0, 0.05) is 5.39 Å². The predicted molar refractivity (Wildman–Crippen MR) is 106 cm³/mol. The number of nitrogens with one attached hydrogen (secondary N) is 1. The van der Waals surface area contributed by atoms with Crippen LogP contribution in [0.3, 0.4) is 0 Å². The van der Waals surface area contributed by atoms with E-state index in [4.69, 9.17) is 9.26 Å². The Morgan fingerprint density at radius 2 is 1.82 bits per heavy atom. The van der Waals surface area contributed by atoms with Gasteiger partial charge < -0.3 is 14.6 Å². The molecule has 1 amide bonds. The summed E-state index contributed by atoms with van der Waals surface area (Å²) >= 11 is 0. The molecule has 1 atom stereocenters. The molecular weight excluding hydrogens is 356 g/mol. The lowest BCUT2D eigenvalue weighted by molar-refractivity contribution is -0.148. The molecule has 3 rings (SSSR count). The first-order valence-electron chi connectivity index (χ1n) is 9.31. The van der Waals surface area contributed by atoms with Crippen LogP contribution in [0.15, 0.2) is 53.1 Å². The van der Waals surface area contributed by atoms with Crippen LogP contribution in [0.5, 0.6) is 0 Å². The van der Waals surface area contributed by atoms with Crippen LogP contribution in [0.4, 0.5) is 0 Å². The predicted octanol–water partition coefficient (Wildman–Crippen LogP) is 3.88. The molecule has 0 saturated carbocycles. The fraction of sp³-hybridized carbons (Fsp3) is 0.318. The summed E-state index contributed by atoms with van der Waals surface area (Å²) in [5.41, 5.74) is 3.17. The summed E-state index contributed by atoms with van der Waals surface area (Å²) in [6.07, 6.45) is -0.0751. The largest absolute Gasteiger partial charge is 0.463 e. The van der Waals surface area contributed by atoms with Gasteiger partial charge in [-0.15, -0.1) is 0 Å². The fourth-order valence-corrected chi connectivity index (χ4v) is 2.99. The van der Waals surface area contributed by atoms with Gasteiger partial charge in [-0.25, -0.2) is 0 Å². The minimum atomic E-state index is -0.475. The Morgan fingerprint density at radius 3 is 2.54 bits per heavy atom. The van der Waals surface area contributed by atoms with Gasteiger partial charge in [0.1, 0.15) is 5.69 Å². The number of amides is 1. The molecule has 1 aromatic heterocycles. The monoisotopic (exact) mass is 380 g/mol. The zero-order valence-corrected chi connectivity index (χ0v) is 16.3. The number of carbonyl (C=O) groups excluding carboxylic acids is 2. The van der Waals surface area contributed by atoms with Crippen LogP contribution in [0, 0.1) is 6.92 Å². The summed E-state index contributed by atoms with van der Waals surface area (Å²) in [6.45, 7) is 5.58. The molecule has 2 aromatic carbocycles. The van der Waals surface area contributed by atoms with Gasteiger partial charge in [-0.05, 0) is 38.5 Å². The molecule has 3 aromatic rings. The molecular formula is C22H24N2O4. The van der Waals surface area contributed by atoms with Gasteiger partial charge in [0.2, 0.25) is 5.91 Å². The molecule has 0 aliphatic carbocycles. The number of carbonyl (C=O) groups is 2.